The molecule has 0 spiro atoms. The summed E-state index contributed by atoms with van der Waals surface area (Å²) in [5.41, 5.74) is 3.47. The summed E-state index contributed by atoms with van der Waals surface area (Å²) in [7, 11) is 0. The number of hydrogen-bond donors (Lipinski definition) is 0. The average Bonchev–Trinajstić information content (AvgIpc) is 3.33. The Balaban J connectivity index is 1.60. The Morgan fingerprint density at radius 1 is 1.04 bits per heavy atom. The normalized spacial score (nSPS) is 24.7. The molecule has 2 saturated heterocycles. The van der Waals surface area contributed by atoms with Crippen LogP contribution in [-0.2, 0) is 17.6 Å². The highest BCUT2D eigenvalue weighted by Crippen LogP contribution is 2.35. The zero-order valence-corrected chi connectivity index (χ0v) is 15.2. The largest absolute Gasteiger partial charge is 0.342 e. The van der Waals surface area contributed by atoms with Crippen molar-refractivity contribution in [3.8, 4) is 11.4 Å². The zero-order chi connectivity index (χ0) is 17.7. The monoisotopic (exact) mass is 348 g/mol. The van der Waals surface area contributed by atoms with Crippen LogP contribution in [0.2, 0.25) is 0 Å². The van der Waals surface area contributed by atoms with Crippen LogP contribution in [0, 0.1) is 0 Å². The molecular weight excluding hydrogens is 324 g/mol. The molecule has 5 heteroatoms. The van der Waals surface area contributed by atoms with Gasteiger partial charge in [-0.15, -0.1) is 0 Å². The van der Waals surface area contributed by atoms with Crippen LogP contribution >= 0.6 is 0 Å². The first-order valence-corrected chi connectivity index (χ1v) is 9.74. The van der Waals surface area contributed by atoms with Crippen LogP contribution in [0.4, 0.5) is 5.82 Å². The molecule has 2 fully saturated rings. The molecule has 2 aromatic rings. The lowest BCUT2D eigenvalue weighted by Crippen LogP contribution is -2.59. The number of hydrogen-bond acceptors (Lipinski definition) is 4. The third kappa shape index (κ3) is 2.41. The Labute approximate surface area is 154 Å². The summed E-state index contributed by atoms with van der Waals surface area (Å²) in [5, 5.41) is 0. The molecule has 2 atom stereocenters. The summed E-state index contributed by atoms with van der Waals surface area (Å²) in [6, 6.07) is 10.4. The van der Waals surface area contributed by atoms with Crippen molar-refractivity contribution in [2.24, 2.45) is 0 Å². The van der Waals surface area contributed by atoms with Gasteiger partial charge in [0.05, 0.1) is 0 Å². The molecule has 2 aliphatic heterocycles. The summed E-state index contributed by atoms with van der Waals surface area (Å²) in [5.74, 6) is 2.04. The first kappa shape index (κ1) is 15.8. The Bertz CT molecular complexity index is 851. The first-order valence-electron chi connectivity index (χ1n) is 9.74. The average molecular weight is 348 g/mol. The van der Waals surface area contributed by atoms with Gasteiger partial charge in [-0.1, -0.05) is 30.3 Å². The van der Waals surface area contributed by atoms with E-state index in [2.05, 4.69) is 21.9 Å². The van der Waals surface area contributed by atoms with Gasteiger partial charge in [0.25, 0.3) is 0 Å². The maximum Gasteiger partial charge on any atom is 0.245 e. The number of anilines is 1. The highest BCUT2D eigenvalue weighted by Gasteiger charge is 2.42. The van der Waals surface area contributed by atoms with E-state index < -0.39 is 0 Å². The summed E-state index contributed by atoms with van der Waals surface area (Å²) in [6.45, 7) is 3.84. The van der Waals surface area contributed by atoms with Crippen LogP contribution in [0.5, 0.6) is 0 Å². The molecule has 5 nitrogen and oxygen atoms in total. The molecule has 0 bridgehead atoms. The molecule has 3 heterocycles. The van der Waals surface area contributed by atoms with E-state index in [1.54, 1.807) is 0 Å². The number of carbonyl (C=O) groups excluding carboxylic acids is 1. The highest BCUT2D eigenvalue weighted by molar-refractivity contribution is 5.87. The van der Waals surface area contributed by atoms with Gasteiger partial charge in [0.15, 0.2) is 5.82 Å². The number of nitrogens with zero attached hydrogens (tertiary/aromatic N) is 4. The Hall–Kier alpha value is -2.43. The van der Waals surface area contributed by atoms with E-state index >= 15 is 0 Å². The maximum atomic E-state index is 12.9. The lowest BCUT2D eigenvalue weighted by atomic mass is 10.1. The van der Waals surface area contributed by atoms with E-state index in [9.17, 15) is 4.79 Å². The van der Waals surface area contributed by atoms with Crippen LogP contribution in [-0.4, -0.2) is 45.9 Å². The predicted molar refractivity (Wildman–Crippen MR) is 101 cm³/mol. The molecule has 1 aromatic carbocycles. The van der Waals surface area contributed by atoms with Gasteiger partial charge in [-0.2, -0.15) is 0 Å². The van der Waals surface area contributed by atoms with Gasteiger partial charge < -0.3 is 9.80 Å². The smallest absolute Gasteiger partial charge is 0.245 e. The van der Waals surface area contributed by atoms with Crippen molar-refractivity contribution >= 4 is 11.7 Å². The Kier molecular flexibility index (Phi) is 3.69. The van der Waals surface area contributed by atoms with E-state index in [-0.39, 0.29) is 11.9 Å². The zero-order valence-electron chi connectivity index (χ0n) is 15.2. The summed E-state index contributed by atoms with van der Waals surface area (Å²) < 4.78 is 0. The van der Waals surface area contributed by atoms with Crippen molar-refractivity contribution in [1.29, 1.82) is 0 Å². The molecule has 0 unspecified atom stereocenters. The lowest BCUT2D eigenvalue weighted by molar-refractivity contribution is -0.134. The van der Waals surface area contributed by atoms with E-state index in [1.165, 1.54) is 11.3 Å². The second-order valence-electron chi connectivity index (χ2n) is 7.67. The van der Waals surface area contributed by atoms with Crippen molar-refractivity contribution in [2.45, 2.75) is 51.1 Å². The molecule has 0 radical (unpaired) electrons. The molecule has 1 amide bonds. The number of aryl methyl sites for hydroxylation is 1. The van der Waals surface area contributed by atoms with Crippen molar-refractivity contribution in [3.63, 3.8) is 0 Å². The van der Waals surface area contributed by atoms with Gasteiger partial charge in [-0.3, -0.25) is 4.79 Å². The first-order chi connectivity index (χ1) is 12.7. The minimum absolute atomic E-state index is 0.146. The third-order valence-corrected chi connectivity index (χ3v) is 6.11. The van der Waals surface area contributed by atoms with Crippen molar-refractivity contribution in [2.75, 3.05) is 18.0 Å². The van der Waals surface area contributed by atoms with Crippen LogP contribution in [0.3, 0.4) is 0 Å². The van der Waals surface area contributed by atoms with Gasteiger partial charge in [-0.05, 0) is 39.0 Å². The molecule has 26 heavy (non-hydrogen) atoms. The Morgan fingerprint density at radius 2 is 1.88 bits per heavy atom. The molecule has 1 aliphatic carbocycles. The minimum Gasteiger partial charge on any atom is -0.342 e. The van der Waals surface area contributed by atoms with Crippen LogP contribution in [0.15, 0.2) is 30.3 Å². The van der Waals surface area contributed by atoms with Gasteiger partial charge in [-0.25, -0.2) is 9.97 Å². The van der Waals surface area contributed by atoms with E-state index in [0.29, 0.717) is 6.04 Å². The summed E-state index contributed by atoms with van der Waals surface area (Å²) in [6.07, 6.45) is 5.38. The fraction of sp³-hybridized carbons (Fsp3) is 0.476. The number of piperazine rings is 1. The van der Waals surface area contributed by atoms with Crippen molar-refractivity contribution in [3.05, 3.63) is 41.6 Å². The van der Waals surface area contributed by atoms with E-state index in [0.717, 1.165) is 62.4 Å². The van der Waals surface area contributed by atoms with Gasteiger partial charge in [0, 0.05) is 36.0 Å². The molecule has 0 saturated carbocycles. The van der Waals surface area contributed by atoms with Gasteiger partial charge in [0.2, 0.25) is 5.91 Å². The molecule has 3 aliphatic rings. The molecule has 134 valence electrons. The van der Waals surface area contributed by atoms with Crippen molar-refractivity contribution < 1.29 is 4.79 Å². The SMILES string of the molecule is C[C@@H]1C(=O)N2CCC[C@@H]2CN1c1nc(-c2ccccc2)nc2c1CCC2. The number of aromatic nitrogens is 2. The number of amides is 1. The fourth-order valence-electron chi connectivity index (χ4n) is 4.71. The topological polar surface area (TPSA) is 49.3 Å². The molecular formula is C21H24N4O. The quantitative estimate of drug-likeness (QED) is 0.837. The second kappa shape index (κ2) is 6.08. The predicted octanol–water partition coefficient (Wildman–Crippen LogP) is 2.83. The number of fused-ring (bicyclic) bond motifs is 2. The number of rotatable bonds is 2. The number of carbonyl (C=O) groups is 1. The maximum absolute atomic E-state index is 12.9. The van der Waals surface area contributed by atoms with Gasteiger partial charge in [0.1, 0.15) is 11.9 Å². The third-order valence-electron chi connectivity index (χ3n) is 6.11. The number of benzene rings is 1. The molecule has 1 aromatic heterocycles. The lowest BCUT2D eigenvalue weighted by Gasteiger charge is -2.42. The fourth-order valence-corrected chi connectivity index (χ4v) is 4.71. The summed E-state index contributed by atoms with van der Waals surface area (Å²) in [4.78, 5) is 27.1. The van der Waals surface area contributed by atoms with Crippen LogP contribution in [0.1, 0.15) is 37.4 Å². The summed E-state index contributed by atoms with van der Waals surface area (Å²) >= 11 is 0. The molecule has 5 rings (SSSR count). The van der Waals surface area contributed by atoms with E-state index in [1.807, 2.05) is 25.1 Å². The van der Waals surface area contributed by atoms with Gasteiger partial charge >= 0.3 is 0 Å². The van der Waals surface area contributed by atoms with Crippen molar-refractivity contribution in [1.82, 2.24) is 14.9 Å². The van der Waals surface area contributed by atoms with E-state index in [4.69, 9.17) is 9.97 Å². The van der Waals surface area contributed by atoms with Crippen LogP contribution < -0.4 is 4.90 Å². The minimum atomic E-state index is -0.146. The molecule has 0 N–H and O–H groups in total. The van der Waals surface area contributed by atoms with Crippen LogP contribution in [0.25, 0.3) is 11.4 Å². The highest BCUT2D eigenvalue weighted by atomic mass is 16.2. The Morgan fingerprint density at radius 3 is 2.73 bits per heavy atom. The standard InChI is InChI=1S/C21H24N4O/c1-14-21(26)24-12-6-9-16(24)13-25(14)20-17-10-5-11-18(17)22-19(23-20)15-7-3-2-4-8-15/h2-4,7-8,14,16H,5-6,9-13H2,1H3/t14-,16-/m1/s1. The second-order valence-corrected chi connectivity index (χ2v) is 7.67.